The van der Waals surface area contributed by atoms with Crippen LogP contribution in [0.4, 0.5) is 10.1 Å². The summed E-state index contributed by atoms with van der Waals surface area (Å²) in [5.74, 6) is -0.311. The van der Waals surface area contributed by atoms with Crippen LogP contribution in [0.15, 0.2) is 48.2 Å². The fourth-order valence-electron chi connectivity index (χ4n) is 3.89. The van der Waals surface area contributed by atoms with Crippen molar-refractivity contribution in [1.29, 1.82) is 0 Å². The van der Waals surface area contributed by atoms with Crippen LogP contribution in [0.25, 0.3) is 5.57 Å². The largest absolute Gasteiger partial charge is 0.490 e. The van der Waals surface area contributed by atoms with Gasteiger partial charge in [-0.25, -0.2) is 9.29 Å². The minimum atomic E-state index is -0.463. The lowest BCUT2D eigenvalue weighted by Crippen LogP contribution is -2.40. The van der Waals surface area contributed by atoms with Gasteiger partial charge in [-0.1, -0.05) is 12.1 Å². The number of hydrogen-bond acceptors (Lipinski definition) is 6. The van der Waals surface area contributed by atoms with Crippen molar-refractivity contribution in [3.05, 3.63) is 59.5 Å². The summed E-state index contributed by atoms with van der Waals surface area (Å²) in [4.78, 5) is 30.1. The standard InChI is InChI=1S/C24H25FN2O5/c1-3-31-19-10-9-18(15-20(19)32-4-2)27-23(28)21(16-5-7-17(25)8-6-16)22(24(27)29)26-11-13-30-14-12-26/h5-10,15H,3-4,11-14H2,1-2H3. The first kappa shape index (κ1) is 21.8. The van der Waals surface area contributed by atoms with Gasteiger partial charge in [-0.2, -0.15) is 0 Å². The smallest absolute Gasteiger partial charge is 0.282 e. The van der Waals surface area contributed by atoms with Crippen molar-refractivity contribution in [3.8, 4) is 11.5 Å². The van der Waals surface area contributed by atoms with Crippen LogP contribution in [0.2, 0.25) is 0 Å². The first-order valence-corrected chi connectivity index (χ1v) is 10.7. The van der Waals surface area contributed by atoms with E-state index in [1.54, 1.807) is 18.2 Å². The number of rotatable bonds is 7. The third kappa shape index (κ3) is 4.05. The van der Waals surface area contributed by atoms with Gasteiger partial charge in [0.2, 0.25) is 0 Å². The minimum Gasteiger partial charge on any atom is -0.490 e. The number of carbonyl (C=O) groups excluding carboxylic acids is 2. The van der Waals surface area contributed by atoms with Gasteiger partial charge in [0.15, 0.2) is 11.5 Å². The van der Waals surface area contributed by atoms with Gasteiger partial charge >= 0.3 is 0 Å². The molecular formula is C24H25FN2O5. The highest BCUT2D eigenvalue weighted by atomic mass is 19.1. The molecule has 2 amide bonds. The Hall–Kier alpha value is -3.39. The molecule has 2 aliphatic heterocycles. The average molecular weight is 440 g/mol. The highest BCUT2D eigenvalue weighted by molar-refractivity contribution is 6.45. The number of carbonyl (C=O) groups is 2. The van der Waals surface area contributed by atoms with E-state index in [4.69, 9.17) is 14.2 Å². The van der Waals surface area contributed by atoms with Gasteiger partial charge in [0.1, 0.15) is 11.5 Å². The molecule has 0 radical (unpaired) electrons. The molecule has 8 heteroatoms. The van der Waals surface area contributed by atoms with E-state index in [1.807, 2.05) is 18.7 Å². The average Bonchev–Trinajstić information content (AvgIpc) is 3.06. The Morgan fingerprint density at radius 1 is 0.906 bits per heavy atom. The Balaban J connectivity index is 1.78. The van der Waals surface area contributed by atoms with Gasteiger partial charge in [-0.05, 0) is 43.7 Å². The first-order chi connectivity index (χ1) is 15.5. The summed E-state index contributed by atoms with van der Waals surface area (Å²) >= 11 is 0. The minimum absolute atomic E-state index is 0.253. The number of imide groups is 1. The summed E-state index contributed by atoms with van der Waals surface area (Å²) in [5.41, 5.74) is 1.43. The second-order valence-corrected chi connectivity index (χ2v) is 7.27. The predicted octanol–water partition coefficient (Wildman–Crippen LogP) is 3.24. The van der Waals surface area contributed by atoms with Crippen LogP contribution < -0.4 is 14.4 Å². The van der Waals surface area contributed by atoms with Gasteiger partial charge in [0.05, 0.1) is 37.7 Å². The van der Waals surface area contributed by atoms with Crippen LogP contribution >= 0.6 is 0 Å². The quantitative estimate of drug-likeness (QED) is 0.616. The van der Waals surface area contributed by atoms with E-state index in [1.165, 1.54) is 24.3 Å². The summed E-state index contributed by atoms with van der Waals surface area (Å²) < 4.78 is 30.2. The summed E-state index contributed by atoms with van der Waals surface area (Å²) in [6.07, 6.45) is 0. The molecule has 0 N–H and O–H groups in total. The number of benzene rings is 2. The van der Waals surface area contributed by atoms with Gasteiger partial charge in [0.25, 0.3) is 11.8 Å². The summed E-state index contributed by atoms with van der Waals surface area (Å²) in [5, 5.41) is 0. The molecule has 2 aromatic rings. The number of amides is 2. The van der Waals surface area contributed by atoms with E-state index in [0.717, 1.165) is 4.90 Å². The van der Waals surface area contributed by atoms with E-state index in [-0.39, 0.29) is 5.57 Å². The Morgan fingerprint density at radius 2 is 1.56 bits per heavy atom. The van der Waals surface area contributed by atoms with Crippen molar-refractivity contribution < 1.29 is 28.2 Å². The molecule has 0 unspecified atom stereocenters. The van der Waals surface area contributed by atoms with Crippen molar-refractivity contribution in [2.75, 3.05) is 44.4 Å². The maximum Gasteiger partial charge on any atom is 0.282 e. The number of halogens is 1. The van der Waals surface area contributed by atoms with E-state index in [2.05, 4.69) is 0 Å². The third-order valence-electron chi connectivity index (χ3n) is 5.30. The zero-order valence-electron chi connectivity index (χ0n) is 18.1. The summed E-state index contributed by atoms with van der Waals surface area (Å²) in [6.45, 7) is 6.46. The van der Waals surface area contributed by atoms with E-state index in [0.29, 0.717) is 68.0 Å². The lowest BCUT2D eigenvalue weighted by atomic mass is 10.0. The zero-order valence-corrected chi connectivity index (χ0v) is 18.1. The molecule has 0 atom stereocenters. The molecular weight excluding hydrogens is 415 g/mol. The first-order valence-electron chi connectivity index (χ1n) is 10.7. The molecule has 0 saturated carbocycles. The molecule has 32 heavy (non-hydrogen) atoms. The third-order valence-corrected chi connectivity index (χ3v) is 5.30. The Kier molecular flexibility index (Phi) is 6.41. The molecule has 1 saturated heterocycles. The Bertz CT molecular complexity index is 1040. The number of nitrogens with zero attached hydrogens (tertiary/aromatic N) is 2. The number of hydrogen-bond donors (Lipinski definition) is 0. The van der Waals surface area contributed by atoms with Crippen molar-refractivity contribution in [2.24, 2.45) is 0 Å². The van der Waals surface area contributed by atoms with E-state index >= 15 is 0 Å². The van der Waals surface area contributed by atoms with Crippen molar-refractivity contribution in [1.82, 2.24) is 4.90 Å². The lowest BCUT2D eigenvalue weighted by Gasteiger charge is -2.29. The molecule has 0 spiro atoms. The SMILES string of the molecule is CCOc1ccc(N2C(=O)C(c3ccc(F)cc3)=C(N3CCOCC3)C2=O)cc1OCC. The molecule has 0 bridgehead atoms. The molecule has 2 aliphatic rings. The van der Waals surface area contributed by atoms with Gasteiger partial charge < -0.3 is 19.1 Å². The van der Waals surface area contributed by atoms with Gasteiger partial charge in [-0.15, -0.1) is 0 Å². The maximum absolute atomic E-state index is 13.6. The van der Waals surface area contributed by atoms with E-state index < -0.39 is 17.6 Å². The van der Waals surface area contributed by atoms with Crippen LogP contribution in [-0.4, -0.2) is 56.2 Å². The molecule has 1 fully saturated rings. The van der Waals surface area contributed by atoms with Crippen LogP contribution in [-0.2, 0) is 14.3 Å². The van der Waals surface area contributed by atoms with Gasteiger partial charge in [0, 0.05) is 19.2 Å². The lowest BCUT2D eigenvalue weighted by molar-refractivity contribution is -0.121. The predicted molar refractivity (Wildman–Crippen MR) is 117 cm³/mol. The van der Waals surface area contributed by atoms with Crippen LogP contribution in [0.5, 0.6) is 11.5 Å². The monoisotopic (exact) mass is 440 g/mol. The topological polar surface area (TPSA) is 68.3 Å². The molecule has 2 aromatic carbocycles. The van der Waals surface area contributed by atoms with Crippen molar-refractivity contribution >= 4 is 23.1 Å². The number of ether oxygens (including phenoxy) is 3. The fourth-order valence-corrected chi connectivity index (χ4v) is 3.89. The summed E-state index contributed by atoms with van der Waals surface area (Å²) in [6, 6.07) is 10.6. The molecule has 7 nitrogen and oxygen atoms in total. The van der Waals surface area contributed by atoms with Crippen LogP contribution in [0.3, 0.4) is 0 Å². The second kappa shape index (κ2) is 9.40. The highest BCUT2D eigenvalue weighted by Crippen LogP contribution is 2.38. The summed E-state index contributed by atoms with van der Waals surface area (Å²) in [7, 11) is 0. The number of morpholine rings is 1. The Labute approximate surface area is 186 Å². The highest BCUT2D eigenvalue weighted by Gasteiger charge is 2.43. The second-order valence-electron chi connectivity index (χ2n) is 7.27. The van der Waals surface area contributed by atoms with Gasteiger partial charge in [-0.3, -0.25) is 9.59 Å². The molecule has 0 aliphatic carbocycles. The molecule has 4 rings (SSSR count). The molecule has 168 valence electrons. The van der Waals surface area contributed by atoms with Crippen LogP contribution in [0, 0.1) is 5.82 Å². The van der Waals surface area contributed by atoms with E-state index in [9.17, 15) is 14.0 Å². The zero-order chi connectivity index (χ0) is 22.7. The normalized spacial score (nSPS) is 16.7. The van der Waals surface area contributed by atoms with Crippen molar-refractivity contribution in [3.63, 3.8) is 0 Å². The fraction of sp³-hybridized carbons (Fsp3) is 0.333. The van der Waals surface area contributed by atoms with Crippen molar-refractivity contribution in [2.45, 2.75) is 13.8 Å². The molecule has 2 heterocycles. The number of anilines is 1. The maximum atomic E-state index is 13.6. The van der Waals surface area contributed by atoms with Crippen LogP contribution in [0.1, 0.15) is 19.4 Å². The molecule has 0 aromatic heterocycles. The Morgan fingerprint density at radius 3 is 2.22 bits per heavy atom.